The molecule has 4 rings (SSSR count). The first kappa shape index (κ1) is 45.1. The van der Waals surface area contributed by atoms with Crippen LogP contribution < -0.4 is 0 Å². The van der Waals surface area contributed by atoms with Crippen molar-refractivity contribution in [3.8, 4) is 0 Å². The van der Waals surface area contributed by atoms with Crippen molar-refractivity contribution >= 4 is 11.8 Å². The zero-order valence-corrected chi connectivity index (χ0v) is 33.7. The number of carbonyl (C=O) groups is 2. The van der Waals surface area contributed by atoms with E-state index in [0.717, 1.165) is 0 Å². The number of allylic oxidation sites excluding steroid dienone is 1. The van der Waals surface area contributed by atoms with Gasteiger partial charge in [-0.3, -0.25) is 9.59 Å². The van der Waals surface area contributed by atoms with E-state index < -0.39 is 103 Å². The molecule has 4 aliphatic heterocycles. The third-order valence-corrected chi connectivity index (χ3v) is 11.9. The number of cyclic esters (lactones) is 1. The number of rotatable bonds is 11. The summed E-state index contributed by atoms with van der Waals surface area (Å²) in [7, 11) is 6.71. The van der Waals surface area contributed by atoms with Crippen LogP contribution >= 0.6 is 0 Å². The molecule has 0 bridgehead atoms. The van der Waals surface area contributed by atoms with Gasteiger partial charge in [-0.15, -0.1) is 0 Å². The molecule has 4 heterocycles. The van der Waals surface area contributed by atoms with Crippen molar-refractivity contribution in [3.05, 3.63) is 12.2 Å². The van der Waals surface area contributed by atoms with Gasteiger partial charge in [0.2, 0.25) is 0 Å². The van der Waals surface area contributed by atoms with E-state index in [2.05, 4.69) is 0 Å². The van der Waals surface area contributed by atoms with E-state index in [1.54, 1.807) is 19.9 Å². The van der Waals surface area contributed by atoms with Crippen LogP contribution in [-0.4, -0.2) is 164 Å². The van der Waals surface area contributed by atoms with E-state index in [0.29, 0.717) is 19.3 Å². The molecule has 0 saturated carbocycles. The van der Waals surface area contributed by atoms with Crippen molar-refractivity contribution in [2.45, 2.75) is 159 Å². The van der Waals surface area contributed by atoms with Crippen LogP contribution in [-0.2, 0) is 47.5 Å². The minimum absolute atomic E-state index is 0.0157. The molecular formula is C39H67NO14. The maximum atomic E-state index is 13.7. The van der Waals surface area contributed by atoms with Crippen LogP contribution in [0.15, 0.2) is 12.2 Å². The Kier molecular flexibility index (Phi) is 16.5. The number of likely N-dealkylation sites (N-methyl/N-ethyl adjacent to an activating group) is 1. The summed E-state index contributed by atoms with van der Waals surface area (Å²) in [6.07, 6.45) is -5.04. The van der Waals surface area contributed by atoms with Gasteiger partial charge in [-0.05, 0) is 78.6 Å². The van der Waals surface area contributed by atoms with E-state index in [-0.39, 0.29) is 44.0 Å². The molecule has 0 unspecified atom stereocenters. The lowest BCUT2D eigenvalue weighted by Gasteiger charge is -2.44. The van der Waals surface area contributed by atoms with Gasteiger partial charge in [0.05, 0.1) is 43.5 Å². The van der Waals surface area contributed by atoms with Gasteiger partial charge in [0.1, 0.15) is 36.1 Å². The number of nitrogens with zero attached hydrogens (tertiary/aromatic N) is 1. The van der Waals surface area contributed by atoms with Crippen molar-refractivity contribution < 1.29 is 67.9 Å². The molecule has 0 radical (unpaired) electrons. The molecule has 18 atom stereocenters. The topological polar surface area (TPSA) is 195 Å². The second-order valence-corrected chi connectivity index (χ2v) is 16.2. The Labute approximate surface area is 320 Å². The number of epoxide rings is 1. The maximum Gasteiger partial charge on any atom is 0.308 e. The minimum atomic E-state index is -1.24. The van der Waals surface area contributed by atoms with Gasteiger partial charge in [-0.2, -0.15) is 0 Å². The lowest BCUT2D eigenvalue weighted by Crippen LogP contribution is -2.59. The van der Waals surface area contributed by atoms with Gasteiger partial charge < -0.3 is 63.2 Å². The lowest BCUT2D eigenvalue weighted by atomic mass is 9.79. The third-order valence-electron chi connectivity index (χ3n) is 11.9. The number of methoxy groups -OCH3 is 2. The number of hydrogen-bond acceptors (Lipinski definition) is 15. The van der Waals surface area contributed by atoms with Crippen molar-refractivity contribution in [1.82, 2.24) is 4.90 Å². The van der Waals surface area contributed by atoms with Crippen LogP contribution in [0.3, 0.4) is 0 Å². The number of esters is 1. The Morgan fingerprint density at radius 3 is 2.24 bits per heavy atom. The molecule has 0 spiro atoms. The van der Waals surface area contributed by atoms with Crippen molar-refractivity contribution in [2.24, 2.45) is 23.7 Å². The van der Waals surface area contributed by atoms with Crippen LogP contribution in [0.1, 0.15) is 73.6 Å². The molecule has 15 heteroatoms. The van der Waals surface area contributed by atoms with Crippen molar-refractivity contribution in [3.63, 3.8) is 0 Å². The first-order chi connectivity index (χ1) is 25.5. The Morgan fingerprint density at radius 2 is 1.63 bits per heavy atom. The van der Waals surface area contributed by atoms with E-state index in [9.17, 15) is 30.0 Å². The smallest absolute Gasteiger partial charge is 0.308 e. The highest BCUT2D eigenvalue weighted by molar-refractivity contribution is 5.91. The molecule has 0 aliphatic carbocycles. The number of fused-ring (bicyclic) bond motifs is 1. The zero-order valence-electron chi connectivity index (χ0n) is 33.7. The number of hydrogen-bond donors (Lipinski definition) is 4. The number of aliphatic hydroxyl groups excluding tert-OH is 4. The molecule has 3 fully saturated rings. The normalized spacial score (nSPS) is 46.2. The van der Waals surface area contributed by atoms with Crippen molar-refractivity contribution in [2.75, 3.05) is 41.5 Å². The van der Waals surface area contributed by atoms with E-state index in [1.807, 2.05) is 46.7 Å². The van der Waals surface area contributed by atoms with Crippen LogP contribution in [0, 0.1) is 23.7 Å². The highest BCUT2D eigenvalue weighted by Gasteiger charge is 2.58. The fourth-order valence-corrected chi connectivity index (χ4v) is 8.42. The number of carbonyl (C=O) groups excluding carboxylic acids is 2. The molecular weight excluding hydrogens is 706 g/mol. The molecule has 0 aromatic rings. The summed E-state index contributed by atoms with van der Waals surface area (Å²) < 4.78 is 48.4. The third kappa shape index (κ3) is 10.7. The van der Waals surface area contributed by atoms with Gasteiger partial charge in [0.25, 0.3) is 0 Å². The summed E-state index contributed by atoms with van der Waals surface area (Å²) in [5, 5.41) is 43.8. The predicted molar refractivity (Wildman–Crippen MR) is 195 cm³/mol. The average molecular weight is 774 g/mol. The summed E-state index contributed by atoms with van der Waals surface area (Å²) in [4.78, 5) is 29.2. The van der Waals surface area contributed by atoms with Gasteiger partial charge in [-0.25, -0.2) is 0 Å². The standard InChI is InChI=1S/C39H67NO14/c1-11-29-25(19-49-38-35(48-10)34(47-9)31(45)23(5)51-38)36-39(6,54-36)14-12-27(42)20(2)16-24(13-15-41)33(22(4)28(43)18-30(44)52-29)53-37-32(46)26(40(7)8)17-21(3)50-37/h12,14,20-26,28-29,31-38,41,43,45-46H,11,13,15-19H2,1-10H3/b14-12-/t20-,21-,22+,23-,24+,25-,26+,28-,29-,31-,32-,33-,34-,35-,36-,37+,38-,39-/m1/s1. The van der Waals surface area contributed by atoms with Crippen molar-refractivity contribution in [1.29, 1.82) is 0 Å². The summed E-state index contributed by atoms with van der Waals surface area (Å²) in [6, 6.07) is -0.249. The number of aliphatic hydroxyl groups is 4. The van der Waals surface area contributed by atoms with Gasteiger partial charge in [0.15, 0.2) is 18.4 Å². The number of ketones is 1. The summed E-state index contributed by atoms with van der Waals surface area (Å²) >= 11 is 0. The zero-order chi connectivity index (χ0) is 40.1. The minimum Gasteiger partial charge on any atom is -0.462 e. The Bertz CT molecular complexity index is 1240. The van der Waals surface area contributed by atoms with Crippen LogP contribution in [0.2, 0.25) is 0 Å². The monoisotopic (exact) mass is 773 g/mol. The van der Waals surface area contributed by atoms with Crippen LogP contribution in [0.25, 0.3) is 0 Å². The average Bonchev–Trinajstić information content (AvgIpc) is 3.80. The second-order valence-electron chi connectivity index (χ2n) is 16.2. The van der Waals surface area contributed by atoms with Gasteiger partial charge in [0, 0.05) is 44.6 Å². The van der Waals surface area contributed by atoms with Crippen LogP contribution in [0.5, 0.6) is 0 Å². The first-order valence-corrected chi connectivity index (χ1v) is 19.5. The molecule has 4 aliphatic rings. The largest absolute Gasteiger partial charge is 0.462 e. The Morgan fingerprint density at radius 1 is 0.944 bits per heavy atom. The number of ether oxygens (including phenoxy) is 8. The van der Waals surface area contributed by atoms with E-state index in [4.69, 9.17) is 37.9 Å². The molecule has 54 heavy (non-hydrogen) atoms. The first-order valence-electron chi connectivity index (χ1n) is 19.5. The SMILES string of the molecule is CC[C@H]1OC(=O)C[C@@H](O)[C@H](C)[C@@H](O[C@@H]2O[C@H](C)C[C@H](N(C)C)[C@H]2O)[C@@H](CCO)C[C@@H](C)C(=O)/C=C\[C@@]2(C)O[C@@H]2[C@@H]1CO[C@@H]1O[C@H](C)[C@@H](O)[C@@H](OC)[C@H]1OC. The maximum absolute atomic E-state index is 13.7. The van der Waals surface area contributed by atoms with E-state index in [1.165, 1.54) is 20.3 Å². The molecule has 0 aromatic heterocycles. The fourth-order valence-electron chi connectivity index (χ4n) is 8.42. The molecule has 0 amide bonds. The van der Waals surface area contributed by atoms with Gasteiger partial charge in [-0.1, -0.05) is 20.8 Å². The molecule has 3 saturated heterocycles. The summed E-state index contributed by atoms with van der Waals surface area (Å²) in [5.41, 5.74) is -0.870. The van der Waals surface area contributed by atoms with Gasteiger partial charge >= 0.3 is 5.97 Å². The molecule has 15 nitrogen and oxygen atoms in total. The second kappa shape index (κ2) is 19.7. The molecule has 0 aromatic carbocycles. The van der Waals surface area contributed by atoms with Crippen LogP contribution in [0.4, 0.5) is 0 Å². The molecule has 312 valence electrons. The summed E-state index contributed by atoms with van der Waals surface area (Å²) in [5.74, 6) is -2.93. The molecule has 4 N–H and O–H groups in total. The lowest BCUT2D eigenvalue weighted by molar-refractivity contribution is -0.305. The Hall–Kier alpha value is -1.60. The fraction of sp³-hybridized carbons (Fsp3) is 0.897. The highest BCUT2D eigenvalue weighted by atomic mass is 16.7. The Balaban J connectivity index is 1.63. The summed E-state index contributed by atoms with van der Waals surface area (Å²) in [6.45, 7) is 10.7. The quantitative estimate of drug-likeness (QED) is 0.175. The highest BCUT2D eigenvalue weighted by Crippen LogP contribution is 2.45. The predicted octanol–water partition coefficient (Wildman–Crippen LogP) is 1.60. The van der Waals surface area contributed by atoms with E-state index >= 15 is 0 Å².